The minimum absolute atomic E-state index is 0.179. The second-order valence-electron chi connectivity index (χ2n) is 4.53. The van der Waals surface area contributed by atoms with Gasteiger partial charge in [-0.3, -0.25) is 14.8 Å². The maximum Gasteiger partial charge on any atom is 0.418 e. The number of hydrazine groups is 1. The number of hydrogen-bond acceptors (Lipinski definition) is 6. The minimum Gasteiger partial charge on any atom is -0.309 e. The van der Waals surface area contributed by atoms with Crippen molar-refractivity contribution >= 4 is 22.3 Å². The number of carbonyl (C=O) groups excluding carboxylic acids is 2. The molecule has 2 aliphatic heterocycles. The molecule has 0 aliphatic carbocycles. The van der Waals surface area contributed by atoms with E-state index in [4.69, 9.17) is 4.55 Å². The highest BCUT2D eigenvalue weighted by molar-refractivity contribution is 7.80. The van der Waals surface area contributed by atoms with Gasteiger partial charge < -0.3 is 4.90 Å². The lowest BCUT2D eigenvalue weighted by Gasteiger charge is -2.29. The van der Waals surface area contributed by atoms with Gasteiger partial charge in [0.25, 0.3) is 5.91 Å². The van der Waals surface area contributed by atoms with Crippen molar-refractivity contribution < 1.29 is 26.8 Å². The molecule has 2 rings (SSSR count). The molecular weight excluding hydrogens is 292 g/mol. The van der Waals surface area contributed by atoms with Crippen molar-refractivity contribution in [1.29, 1.82) is 0 Å². The molecule has 3 amide bonds. The summed E-state index contributed by atoms with van der Waals surface area (Å²) in [6.07, 6.45) is 0.793. The molecule has 20 heavy (non-hydrogen) atoms. The highest BCUT2D eigenvalue weighted by Gasteiger charge is 2.49. The summed E-state index contributed by atoms with van der Waals surface area (Å²) in [7, 11) is -4.77. The van der Waals surface area contributed by atoms with Crippen LogP contribution in [0.1, 0.15) is 19.8 Å². The smallest absolute Gasteiger partial charge is 0.309 e. The molecule has 0 radical (unpaired) electrons. The summed E-state index contributed by atoms with van der Waals surface area (Å²) >= 11 is 0. The van der Waals surface area contributed by atoms with Crippen molar-refractivity contribution in [2.45, 2.75) is 31.8 Å². The molecule has 2 saturated heterocycles. The van der Waals surface area contributed by atoms with Gasteiger partial charge in [0.2, 0.25) is 0 Å². The topological polar surface area (TPSA) is 128 Å². The van der Waals surface area contributed by atoms with Crippen LogP contribution in [0.2, 0.25) is 0 Å². The summed E-state index contributed by atoms with van der Waals surface area (Å²) in [6, 6.07) is -1.93. The van der Waals surface area contributed by atoms with Crippen molar-refractivity contribution in [3.8, 4) is 0 Å². The second kappa shape index (κ2) is 5.52. The first kappa shape index (κ1) is 15.0. The molecule has 0 aromatic heterocycles. The molecule has 2 aliphatic rings. The number of hydroxylamine groups is 2. The maximum absolute atomic E-state index is 12.0. The van der Waals surface area contributed by atoms with Crippen molar-refractivity contribution in [3.63, 3.8) is 0 Å². The summed E-state index contributed by atoms with van der Waals surface area (Å²) in [5, 5.41) is 0.607. The Labute approximate surface area is 115 Å². The Kier molecular flexibility index (Phi) is 4.13. The van der Waals surface area contributed by atoms with Crippen molar-refractivity contribution in [1.82, 2.24) is 20.8 Å². The van der Waals surface area contributed by atoms with Gasteiger partial charge >= 0.3 is 16.4 Å². The molecular formula is C9H16N4O6S. The van der Waals surface area contributed by atoms with E-state index in [-0.39, 0.29) is 12.5 Å². The van der Waals surface area contributed by atoms with E-state index in [9.17, 15) is 18.0 Å². The number of nitrogens with zero attached hydrogens (tertiary/aromatic N) is 2. The molecule has 3 N–H and O–H groups in total. The van der Waals surface area contributed by atoms with E-state index in [1.54, 1.807) is 6.92 Å². The molecule has 114 valence electrons. The van der Waals surface area contributed by atoms with Gasteiger partial charge in [-0.15, -0.1) is 4.28 Å². The lowest BCUT2D eigenvalue weighted by Crippen LogP contribution is -2.53. The number of carbonyl (C=O) groups is 2. The zero-order valence-corrected chi connectivity index (χ0v) is 11.6. The van der Waals surface area contributed by atoms with Gasteiger partial charge in [0.15, 0.2) is 0 Å². The number of amides is 3. The number of hydrogen-bond donors (Lipinski definition) is 3. The normalized spacial score (nSPS) is 26.0. The Balaban J connectivity index is 2.07. The number of urea groups is 1. The zero-order valence-electron chi connectivity index (χ0n) is 10.8. The Bertz CT molecular complexity index is 509. The molecule has 2 fully saturated rings. The van der Waals surface area contributed by atoms with E-state index in [1.807, 2.05) is 0 Å². The van der Waals surface area contributed by atoms with Gasteiger partial charge in [-0.2, -0.15) is 13.5 Å². The second-order valence-corrected chi connectivity index (χ2v) is 5.53. The third kappa shape index (κ3) is 3.00. The van der Waals surface area contributed by atoms with Crippen molar-refractivity contribution in [2.24, 2.45) is 0 Å². The quantitative estimate of drug-likeness (QED) is 0.422. The molecule has 0 spiro atoms. The average Bonchev–Trinajstić information content (AvgIpc) is 2.60. The SMILES string of the molecule is CCNNC(=O)[C@@H]1CC[C@@H]2CN1C(=O)N2OS(=O)(=O)O. The molecule has 10 nitrogen and oxygen atoms in total. The summed E-state index contributed by atoms with van der Waals surface area (Å²) in [4.78, 5) is 25.1. The molecule has 0 saturated carbocycles. The van der Waals surface area contributed by atoms with Gasteiger partial charge in [-0.05, 0) is 12.8 Å². The molecule has 11 heteroatoms. The van der Waals surface area contributed by atoms with E-state index >= 15 is 0 Å². The van der Waals surface area contributed by atoms with Crippen LogP contribution in [0.15, 0.2) is 0 Å². The highest BCUT2D eigenvalue weighted by atomic mass is 32.3. The van der Waals surface area contributed by atoms with Crippen molar-refractivity contribution in [3.05, 3.63) is 0 Å². The Morgan fingerprint density at radius 1 is 1.50 bits per heavy atom. The molecule has 2 bridgehead atoms. The number of piperidine rings is 1. The monoisotopic (exact) mass is 308 g/mol. The van der Waals surface area contributed by atoms with Gasteiger partial charge in [-0.25, -0.2) is 10.2 Å². The standard InChI is InChI=1S/C9H16N4O6S/c1-2-10-11-8(14)7-4-3-6-5-12(7)9(15)13(6)19-20(16,17)18/h6-7,10H,2-5H2,1H3,(H,11,14)(H,16,17,18)/t6-,7+/m1/s1. The Morgan fingerprint density at radius 3 is 2.80 bits per heavy atom. The van der Waals surface area contributed by atoms with Crippen LogP contribution in [-0.2, 0) is 19.5 Å². The average molecular weight is 308 g/mol. The summed E-state index contributed by atoms with van der Waals surface area (Å²) in [5.41, 5.74) is 5.11. The van der Waals surface area contributed by atoms with Gasteiger partial charge in [0, 0.05) is 13.1 Å². The van der Waals surface area contributed by atoms with Crippen LogP contribution >= 0.6 is 0 Å². The first-order valence-corrected chi connectivity index (χ1v) is 7.49. The minimum atomic E-state index is -4.77. The molecule has 2 heterocycles. The van der Waals surface area contributed by atoms with Crippen LogP contribution in [0.5, 0.6) is 0 Å². The summed E-state index contributed by atoms with van der Waals surface area (Å²) in [6.45, 7) is 2.52. The summed E-state index contributed by atoms with van der Waals surface area (Å²) < 4.78 is 34.3. The van der Waals surface area contributed by atoms with E-state index < -0.39 is 28.5 Å². The van der Waals surface area contributed by atoms with Crippen molar-refractivity contribution in [2.75, 3.05) is 13.1 Å². The predicted octanol–water partition coefficient (Wildman–Crippen LogP) is -1.37. The molecule has 0 aromatic carbocycles. The fraction of sp³-hybridized carbons (Fsp3) is 0.778. The molecule has 0 unspecified atom stereocenters. The fourth-order valence-electron chi connectivity index (χ4n) is 2.36. The number of fused-ring (bicyclic) bond motifs is 2. The third-order valence-electron chi connectivity index (χ3n) is 3.19. The number of rotatable bonds is 5. The lowest BCUT2D eigenvalue weighted by molar-refractivity contribution is -0.127. The van der Waals surface area contributed by atoms with E-state index in [2.05, 4.69) is 15.1 Å². The third-order valence-corrected chi connectivity index (χ3v) is 3.54. The van der Waals surface area contributed by atoms with Gasteiger partial charge in [-0.1, -0.05) is 6.92 Å². The zero-order chi connectivity index (χ0) is 14.9. The van der Waals surface area contributed by atoms with Crippen LogP contribution in [-0.4, -0.2) is 60.0 Å². The Morgan fingerprint density at radius 2 is 2.20 bits per heavy atom. The van der Waals surface area contributed by atoms with Crippen LogP contribution in [0.4, 0.5) is 4.79 Å². The molecule has 2 atom stereocenters. The highest BCUT2D eigenvalue weighted by Crippen LogP contribution is 2.30. The first-order valence-electron chi connectivity index (χ1n) is 6.13. The first-order chi connectivity index (χ1) is 9.33. The summed E-state index contributed by atoms with van der Waals surface area (Å²) in [5.74, 6) is -0.368. The van der Waals surface area contributed by atoms with E-state index in [0.717, 1.165) is 0 Å². The van der Waals surface area contributed by atoms with Crippen LogP contribution < -0.4 is 10.9 Å². The Hall–Kier alpha value is -1.43. The van der Waals surface area contributed by atoms with Crippen LogP contribution in [0, 0.1) is 0 Å². The molecule has 0 aromatic rings. The van der Waals surface area contributed by atoms with E-state index in [0.29, 0.717) is 24.4 Å². The predicted molar refractivity (Wildman–Crippen MR) is 65.2 cm³/mol. The van der Waals surface area contributed by atoms with Crippen LogP contribution in [0.25, 0.3) is 0 Å². The van der Waals surface area contributed by atoms with Crippen LogP contribution in [0.3, 0.4) is 0 Å². The van der Waals surface area contributed by atoms with E-state index in [1.165, 1.54) is 4.90 Å². The largest absolute Gasteiger partial charge is 0.418 e. The fourth-order valence-corrected chi connectivity index (χ4v) is 2.75. The maximum atomic E-state index is 12.0. The lowest BCUT2D eigenvalue weighted by atomic mass is 10.0. The van der Waals surface area contributed by atoms with Gasteiger partial charge in [0.05, 0.1) is 6.04 Å². The number of nitrogens with one attached hydrogen (secondary N) is 2. The van der Waals surface area contributed by atoms with Gasteiger partial charge in [0.1, 0.15) is 6.04 Å².